The standard InChI is InChI=1S/C17H22N4O/c1-13-10-16(19-17(22)11-15-8-5-9-18-15)21(20-13)12-14-6-3-2-4-7-14/h2-4,6-7,10,15,18H,5,8-9,11-12H2,1H3,(H,19,22). The number of nitrogens with zero attached hydrogens (tertiary/aromatic N) is 2. The molecule has 1 fully saturated rings. The van der Waals surface area contributed by atoms with Crippen molar-refractivity contribution in [2.24, 2.45) is 0 Å². The minimum absolute atomic E-state index is 0.0496. The number of benzene rings is 1. The molecule has 2 heterocycles. The van der Waals surface area contributed by atoms with Crippen LogP contribution >= 0.6 is 0 Å². The van der Waals surface area contributed by atoms with E-state index in [0.717, 1.165) is 30.9 Å². The molecule has 1 atom stereocenters. The molecule has 1 unspecified atom stereocenters. The summed E-state index contributed by atoms with van der Waals surface area (Å²) in [6.07, 6.45) is 2.76. The van der Waals surface area contributed by atoms with Gasteiger partial charge in [0.15, 0.2) is 0 Å². The fourth-order valence-electron chi connectivity index (χ4n) is 2.87. The molecule has 1 aromatic heterocycles. The van der Waals surface area contributed by atoms with Gasteiger partial charge in [-0.15, -0.1) is 0 Å². The van der Waals surface area contributed by atoms with E-state index in [4.69, 9.17) is 0 Å². The normalized spacial score (nSPS) is 17.6. The van der Waals surface area contributed by atoms with Crippen LogP contribution in [0.4, 0.5) is 5.82 Å². The zero-order valence-electron chi connectivity index (χ0n) is 12.9. The van der Waals surface area contributed by atoms with Crippen molar-refractivity contribution in [3.8, 4) is 0 Å². The van der Waals surface area contributed by atoms with Gasteiger partial charge in [0.1, 0.15) is 5.82 Å². The van der Waals surface area contributed by atoms with Gasteiger partial charge in [-0.1, -0.05) is 30.3 Å². The van der Waals surface area contributed by atoms with Gasteiger partial charge in [0.25, 0.3) is 0 Å². The number of carbonyl (C=O) groups excluding carboxylic acids is 1. The molecule has 5 heteroatoms. The van der Waals surface area contributed by atoms with Crippen molar-refractivity contribution in [1.82, 2.24) is 15.1 Å². The zero-order valence-corrected chi connectivity index (χ0v) is 12.9. The molecule has 0 radical (unpaired) electrons. The molecule has 0 bridgehead atoms. The lowest BCUT2D eigenvalue weighted by atomic mass is 10.1. The van der Waals surface area contributed by atoms with Crippen molar-refractivity contribution in [2.45, 2.75) is 38.8 Å². The number of aromatic nitrogens is 2. The van der Waals surface area contributed by atoms with E-state index in [1.165, 1.54) is 5.56 Å². The summed E-state index contributed by atoms with van der Waals surface area (Å²) in [4.78, 5) is 12.2. The number of amides is 1. The van der Waals surface area contributed by atoms with Gasteiger partial charge in [0.2, 0.25) is 5.91 Å². The van der Waals surface area contributed by atoms with Crippen molar-refractivity contribution < 1.29 is 4.79 Å². The van der Waals surface area contributed by atoms with E-state index in [1.54, 1.807) is 0 Å². The van der Waals surface area contributed by atoms with Gasteiger partial charge >= 0.3 is 0 Å². The maximum absolute atomic E-state index is 12.2. The Labute approximate surface area is 130 Å². The highest BCUT2D eigenvalue weighted by atomic mass is 16.1. The second-order valence-corrected chi connectivity index (χ2v) is 5.86. The Bertz CT molecular complexity index is 629. The summed E-state index contributed by atoms with van der Waals surface area (Å²) in [6, 6.07) is 12.4. The number of anilines is 1. The number of aryl methyl sites for hydroxylation is 1. The van der Waals surface area contributed by atoms with Crippen LogP contribution in [0.3, 0.4) is 0 Å². The average molecular weight is 298 g/mol. The molecule has 0 aliphatic carbocycles. The molecule has 2 aromatic rings. The lowest BCUT2D eigenvalue weighted by molar-refractivity contribution is -0.116. The molecular weight excluding hydrogens is 276 g/mol. The number of carbonyl (C=O) groups is 1. The van der Waals surface area contributed by atoms with E-state index in [0.29, 0.717) is 19.0 Å². The third kappa shape index (κ3) is 3.74. The van der Waals surface area contributed by atoms with E-state index in [2.05, 4.69) is 27.9 Å². The van der Waals surface area contributed by atoms with Crippen molar-refractivity contribution in [3.05, 3.63) is 47.7 Å². The first-order chi connectivity index (χ1) is 10.7. The van der Waals surface area contributed by atoms with Crippen LogP contribution in [0.1, 0.15) is 30.5 Å². The summed E-state index contributed by atoms with van der Waals surface area (Å²) < 4.78 is 1.85. The maximum Gasteiger partial charge on any atom is 0.227 e. The summed E-state index contributed by atoms with van der Waals surface area (Å²) in [7, 11) is 0. The number of hydrogen-bond donors (Lipinski definition) is 2. The van der Waals surface area contributed by atoms with Gasteiger partial charge in [0, 0.05) is 18.5 Å². The minimum Gasteiger partial charge on any atom is -0.313 e. The van der Waals surface area contributed by atoms with E-state index in [-0.39, 0.29) is 5.91 Å². The number of hydrogen-bond acceptors (Lipinski definition) is 3. The van der Waals surface area contributed by atoms with Crippen molar-refractivity contribution in [3.63, 3.8) is 0 Å². The average Bonchev–Trinajstić information content (AvgIpc) is 3.10. The molecule has 5 nitrogen and oxygen atoms in total. The van der Waals surface area contributed by atoms with Gasteiger partial charge in [-0.2, -0.15) is 5.10 Å². The zero-order chi connectivity index (χ0) is 15.4. The Kier molecular flexibility index (Phi) is 4.53. The predicted molar refractivity (Wildman–Crippen MR) is 86.8 cm³/mol. The Hall–Kier alpha value is -2.14. The second kappa shape index (κ2) is 6.75. The smallest absolute Gasteiger partial charge is 0.227 e. The summed E-state index contributed by atoms with van der Waals surface area (Å²) in [5, 5.41) is 10.8. The van der Waals surface area contributed by atoms with Crippen molar-refractivity contribution in [2.75, 3.05) is 11.9 Å². The van der Waals surface area contributed by atoms with Crippen LogP contribution in [-0.2, 0) is 11.3 Å². The first kappa shape index (κ1) is 14.8. The van der Waals surface area contributed by atoms with Crippen molar-refractivity contribution in [1.29, 1.82) is 0 Å². The molecule has 1 aliphatic rings. The lowest BCUT2D eigenvalue weighted by Crippen LogP contribution is -2.28. The molecule has 2 N–H and O–H groups in total. The largest absolute Gasteiger partial charge is 0.313 e. The summed E-state index contributed by atoms with van der Waals surface area (Å²) in [5.41, 5.74) is 2.07. The highest BCUT2D eigenvalue weighted by molar-refractivity contribution is 5.90. The molecule has 1 saturated heterocycles. The van der Waals surface area contributed by atoms with Gasteiger partial charge in [-0.05, 0) is 31.9 Å². The summed E-state index contributed by atoms with van der Waals surface area (Å²) >= 11 is 0. The SMILES string of the molecule is Cc1cc(NC(=O)CC2CCCN2)n(Cc2ccccc2)n1. The topological polar surface area (TPSA) is 59.0 Å². The van der Waals surface area contributed by atoms with Crippen LogP contribution in [0, 0.1) is 6.92 Å². The third-order valence-corrected chi connectivity index (χ3v) is 3.94. The molecule has 1 aromatic carbocycles. The molecule has 1 aliphatic heterocycles. The Morgan fingerprint density at radius 2 is 2.23 bits per heavy atom. The molecule has 1 amide bonds. The van der Waals surface area contributed by atoms with E-state index < -0.39 is 0 Å². The van der Waals surface area contributed by atoms with Gasteiger partial charge in [-0.3, -0.25) is 4.79 Å². The van der Waals surface area contributed by atoms with E-state index in [1.807, 2.05) is 35.9 Å². The van der Waals surface area contributed by atoms with Crippen molar-refractivity contribution >= 4 is 11.7 Å². The van der Waals surface area contributed by atoms with Crippen LogP contribution in [0.15, 0.2) is 36.4 Å². The fourth-order valence-corrected chi connectivity index (χ4v) is 2.87. The highest BCUT2D eigenvalue weighted by Crippen LogP contribution is 2.15. The van der Waals surface area contributed by atoms with Gasteiger partial charge in [-0.25, -0.2) is 4.68 Å². The van der Waals surface area contributed by atoms with E-state index >= 15 is 0 Å². The van der Waals surface area contributed by atoms with Gasteiger partial charge < -0.3 is 10.6 Å². The van der Waals surface area contributed by atoms with Crippen LogP contribution in [0.2, 0.25) is 0 Å². The van der Waals surface area contributed by atoms with Crippen LogP contribution < -0.4 is 10.6 Å². The predicted octanol–water partition coefficient (Wildman–Crippen LogP) is 2.32. The van der Waals surface area contributed by atoms with Crippen LogP contribution in [0.5, 0.6) is 0 Å². The first-order valence-electron chi connectivity index (χ1n) is 7.82. The summed E-state index contributed by atoms with van der Waals surface area (Å²) in [5.74, 6) is 0.818. The third-order valence-electron chi connectivity index (χ3n) is 3.94. The summed E-state index contributed by atoms with van der Waals surface area (Å²) in [6.45, 7) is 3.62. The Morgan fingerprint density at radius 1 is 1.41 bits per heavy atom. The maximum atomic E-state index is 12.2. The second-order valence-electron chi connectivity index (χ2n) is 5.86. The fraction of sp³-hybridized carbons (Fsp3) is 0.412. The quantitative estimate of drug-likeness (QED) is 0.890. The molecular formula is C17H22N4O. The van der Waals surface area contributed by atoms with E-state index in [9.17, 15) is 4.79 Å². The molecule has 0 saturated carbocycles. The minimum atomic E-state index is 0.0496. The Morgan fingerprint density at radius 3 is 2.95 bits per heavy atom. The molecule has 22 heavy (non-hydrogen) atoms. The highest BCUT2D eigenvalue weighted by Gasteiger charge is 2.18. The molecule has 3 rings (SSSR count). The van der Waals surface area contributed by atoms with Gasteiger partial charge in [0.05, 0.1) is 12.2 Å². The van der Waals surface area contributed by atoms with Crippen LogP contribution in [0.25, 0.3) is 0 Å². The first-order valence-corrected chi connectivity index (χ1v) is 7.82. The Balaban J connectivity index is 1.66. The number of rotatable bonds is 5. The monoisotopic (exact) mass is 298 g/mol. The molecule has 116 valence electrons. The van der Waals surface area contributed by atoms with Crippen LogP contribution in [-0.4, -0.2) is 28.3 Å². The molecule has 0 spiro atoms. The number of nitrogens with one attached hydrogen (secondary N) is 2. The lowest BCUT2D eigenvalue weighted by Gasteiger charge is -2.12.